The van der Waals surface area contributed by atoms with Gasteiger partial charge in [0.1, 0.15) is 0 Å². The van der Waals surface area contributed by atoms with Gasteiger partial charge in [0.15, 0.2) is 0 Å². The lowest BCUT2D eigenvalue weighted by Crippen LogP contribution is -2.50. The number of nitrogens with zero attached hydrogens (tertiary/aromatic N) is 2. The van der Waals surface area contributed by atoms with Crippen molar-refractivity contribution in [3.05, 3.63) is 24.3 Å². The Kier molecular flexibility index (Phi) is 9.48. The van der Waals surface area contributed by atoms with Crippen molar-refractivity contribution in [1.82, 2.24) is 9.62 Å². The van der Waals surface area contributed by atoms with Crippen LogP contribution >= 0.6 is 0 Å². The molecule has 1 aliphatic heterocycles. The molecule has 1 aromatic rings. The average molecular weight is 451 g/mol. The first-order valence-corrected chi connectivity index (χ1v) is 13.8. The van der Waals surface area contributed by atoms with Crippen LogP contribution in [0.25, 0.3) is 0 Å². The van der Waals surface area contributed by atoms with Gasteiger partial charge in [-0.2, -0.15) is 0 Å². The van der Waals surface area contributed by atoms with Crippen molar-refractivity contribution in [3.63, 3.8) is 0 Å². The number of piperazine rings is 1. The summed E-state index contributed by atoms with van der Waals surface area (Å²) in [5.41, 5.74) is 2.48. The third-order valence-corrected chi connectivity index (χ3v) is 8.59. The molecule has 1 heterocycles. The highest BCUT2D eigenvalue weighted by molar-refractivity contribution is 7.90. The van der Waals surface area contributed by atoms with Gasteiger partial charge in [0, 0.05) is 56.7 Å². The van der Waals surface area contributed by atoms with E-state index in [2.05, 4.69) is 44.1 Å². The van der Waals surface area contributed by atoms with E-state index in [9.17, 15) is 8.42 Å². The summed E-state index contributed by atoms with van der Waals surface area (Å²) in [5, 5.41) is 3.12. The molecule has 0 amide bonds. The zero-order chi connectivity index (χ0) is 22.1. The molecule has 6 nitrogen and oxygen atoms in total. The Bertz CT molecular complexity index is 737. The Morgan fingerprint density at radius 1 is 0.903 bits per heavy atom. The molecular formula is C24H42N4O2S. The minimum absolute atomic E-state index is 0.363. The third kappa shape index (κ3) is 7.65. The predicted molar refractivity (Wildman–Crippen MR) is 132 cm³/mol. The number of sulfonamides is 1. The number of nitrogens with one attached hydrogen (secondary N) is 2. The van der Waals surface area contributed by atoms with Gasteiger partial charge in [0.2, 0.25) is 10.0 Å². The van der Waals surface area contributed by atoms with Crippen molar-refractivity contribution in [2.45, 2.75) is 76.5 Å². The molecule has 0 aromatic heterocycles. The van der Waals surface area contributed by atoms with Crippen molar-refractivity contribution in [3.8, 4) is 0 Å². The maximum absolute atomic E-state index is 11.7. The first-order chi connectivity index (χ1) is 15.0. The number of rotatable bonds is 11. The molecule has 0 spiro atoms. The van der Waals surface area contributed by atoms with Crippen LogP contribution in [0.4, 0.5) is 11.4 Å². The third-order valence-electron chi connectivity index (χ3n) is 6.74. The molecule has 3 rings (SSSR count). The van der Waals surface area contributed by atoms with E-state index in [1.54, 1.807) is 13.8 Å². The highest BCUT2D eigenvalue weighted by atomic mass is 32.2. The Morgan fingerprint density at radius 2 is 1.55 bits per heavy atom. The number of unbranched alkanes of at least 4 members (excludes halogenated alkanes) is 2. The van der Waals surface area contributed by atoms with Gasteiger partial charge < -0.3 is 10.2 Å². The quantitative estimate of drug-likeness (QED) is 0.498. The molecule has 176 valence electrons. The molecule has 31 heavy (non-hydrogen) atoms. The molecule has 1 aliphatic carbocycles. The lowest BCUT2D eigenvalue weighted by Gasteiger charge is -2.41. The first-order valence-electron chi connectivity index (χ1n) is 12.3. The fourth-order valence-electron chi connectivity index (χ4n) is 4.62. The molecule has 0 unspecified atom stereocenters. The molecule has 1 aromatic carbocycles. The maximum Gasteiger partial charge on any atom is 0.213 e. The van der Waals surface area contributed by atoms with Crippen molar-refractivity contribution >= 4 is 21.4 Å². The van der Waals surface area contributed by atoms with Crippen LogP contribution in [-0.2, 0) is 10.0 Å². The van der Waals surface area contributed by atoms with E-state index in [1.165, 1.54) is 50.9 Å². The average Bonchev–Trinajstić information content (AvgIpc) is 2.79. The number of benzene rings is 1. The van der Waals surface area contributed by atoms with Gasteiger partial charge in [-0.1, -0.05) is 25.7 Å². The summed E-state index contributed by atoms with van der Waals surface area (Å²) in [6.45, 7) is 9.49. The van der Waals surface area contributed by atoms with Crippen LogP contribution in [0, 0.1) is 0 Å². The van der Waals surface area contributed by atoms with Crippen molar-refractivity contribution < 1.29 is 8.42 Å². The van der Waals surface area contributed by atoms with E-state index in [1.807, 2.05) is 0 Å². The molecule has 1 saturated heterocycles. The van der Waals surface area contributed by atoms with Crippen LogP contribution in [0.1, 0.15) is 65.2 Å². The van der Waals surface area contributed by atoms with E-state index in [0.29, 0.717) is 6.54 Å². The van der Waals surface area contributed by atoms with E-state index in [0.717, 1.165) is 50.6 Å². The fourth-order valence-corrected chi connectivity index (χ4v) is 5.38. The van der Waals surface area contributed by atoms with Gasteiger partial charge >= 0.3 is 0 Å². The first kappa shape index (κ1) is 24.3. The largest absolute Gasteiger partial charge is 0.385 e. The second-order valence-electron chi connectivity index (χ2n) is 9.34. The zero-order valence-electron chi connectivity index (χ0n) is 19.5. The molecule has 2 N–H and O–H groups in total. The highest BCUT2D eigenvalue weighted by Gasteiger charge is 2.25. The summed E-state index contributed by atoms with van der Waals surface area (Å²) < 4.78 is 26.1. The summed E-state index contributed by atoms with van der Waals surface area (Å²) in [6.07, 6.45) is 9.97. The van der Waals surface area contributed by atoms with Crippen LogP contribution in [0.5, 0.6) is 0 Å². The second-order valence-corrected chi connectivity index (χ2v) is 11.7. The normalized spacial score (nSPS) is 19.1. The molecule has 0 radical (unpaired) electrons. The summed E-state index contributed by atoms with van der Waals surface area (Å²) in [5.74, 6) is 0. The van der Waals surface area contributed by atoms with Gasteiger partial charge in [-0.05, 0) is 63.8 Å². The lowest BCUT2D eigenvalue weighted by atomic mass is 9.94. The van der Waals surface area contributed by atoms with Gasteiger partial charge in [-0.25, -0.2) is 13.1 Å². The van der Waals surface area contributed by atoms with E-state index in [4.69, 9.17) is 0 Å². The molecule has 0 atom stereocenters. The van der Waals surface area contributed by atoms with Crippen molar-refractivity contribution in [2.75, 3.05) is 49.5 Å². The smallest absolute Gasteiger partial charge is 0.213 e. The van der Waals surface area contributed by atoms with Crippen LogP contribution in [0.2, 0.25) is 0 Å². The SMILES string of the molecule is CC(C)S(=O)(=O)NCCCCCNc1ccc(N2CCN(C3CCCCC3)CC2)cc1. The standard InChI is InChI=1S/C24H42N4O2S/c1-21(2)31(29,30)26-16-8-4-7-15-25-22-11-13-24(14-12-22)28-19-17-27(18-20-28)23-9-5-3-6-10-23/h11-14,21,23,25-26H,3-10,15-20H2,1-2H3. The summed E-state index contributed by atoms with van der Waals surface area (Å²) in [4.78, 5) is 5.24. The number of hydrogen-bond acceptors (Lipinski definition) is 5. The van der Waals surface area contributed by atoms with Crippen LogP contribution in [0.3, 0.4) is 0 Å². The summed E-state index contributed by atoms with van der Waals surface area (Å²) in [7, 11) is -3.13. The monoisotopic (exact) mass is 450 g/mol. The molecule has 2 fully saturated rings. The minimum Gasteiger partial charge on any atom is -0.385 e. The Morgan fingerprint density at radius 3 is 2.19 bits per heavy atom. The van der Waals surface area contributed by atoms with Crippen LogP contribution in [-0.4, -0.2) is 63.9 Å². The van der Waals surface area contributed by atoms with Crippen LogP contribution < -0.4 is 14.9 Å². The summed E-state index contributed by atoms with van der Waals surface area (Å²) in [6, 6.07) is 9.66. The highest BCUT2D eigenvalue weighted by Crippen LogP contribution is 2.25. The van der Waals surface area contributed by atoms with Crippen molar-refractivity contribution in [1.29, 1.82) is 0 Å². The molecular weight excluding hydrogens is 408 g/mol. The van der Waals surface area contributed by atoms with E-state index in [-0.39, 0.29) is 5.25 Å². The molecule has 1 saturated carbocycles. The molecule has 0 bridgehead atoms. The van der Waals surface area contributed by atoms with Gasteiger partial charge in [-0.3, -0.25) is 4.90 Å². The van der Waals surface area contributed by atoms with Gasteiger partial charge in [0.05, 0.1) is 5.25 Å². The second kappa shape index (κ2) is 12.1. The lowest BCUT2D eigenvalue weighted by molar-refractivity contribution is 0.148. The molecule has 2 aliphatic rings. The predicted octanol–water partition coefficient (Wildman–Crippen LogP) is 4.05. The van der Waals surface area contributed by atoms with Gasteiger partial charge in [0.25, 0.3) is 0 Å². The maximum atomic E-state index is 11.7. The minimum atomic E-state index is -3.13. The van der Waals surface area contributed by atoms with Crippen LogP contribution in [0.15, 0.2) is 24.3 Å². The fraction of sp³-hybridized carbons (Fsp3) is 0.750. The topological polar surface area (TPSA) is 64.7 Å². The van der Waals surface area contributed by atoms with E-state index < -0.39 is 10.0 Å². The van der Waals surface area contributed by atoms with E-state index >= 15 is 0 Å². The zero-order valence-corrected chi connectivity index (χ0v) is 20.3. The Balaban J connectivity index is 1.30. The summed E-state index contributed by atoms with van der Waals surface area (Å²) >= 11 is 0. The van der Waals surface area contributed by atoms with Gasteiger partial charge in [-0.15, -0.1) is 0 Å². The number of hydrogen-bond donors (Lipinski definition) is 2. The Hall–Kier alpha value is -1.31. The number of anilines is 2. The molecule has 7 heteroatoms. The van der Waals surface area contributed by atoms with Crippen molar-refractivity contribution in [2.24, 2.45) is 0 Å². The Labute approximate surface area is 189 Å².